The molecule has 96 valence electrons. The molecule has 2 N–H and O–H groups in total. The summed E-state index contributed by atoms with van der Waals surface area (Å²) in [6.45, 7) is 0. The molecule has 0 amide bonds. The zero-order chi connectivity index (χ0) is 14.0. The van der Waals surface area contributed by atoms with E-state index in [-0.39, 0.29) is 17.0 Å². The fraction of sp³-hybridized carbons (Fsp3) is 0. The average molecular weight is 259 g/mol. The van der Waals surface area contributed by atoms with Gasteiger partial charge in [-0.05, 0) is 23.8 Å². The molecule has 2 aromatic rings. The number of hydrogen-bond acceptors (Lipinski definition) is 4. The van der Waals surface area contributed by atoms with E-state index in [4.69, 9.17) is 5.11 Å². The fourth-order valence-electron chi connectivity index (χ4n) is 1.70. The number of nitro groups is 1. The van der Waals surface area contributed by atoms with E-state index >= 15 is 0 Å². The normalized spacial score (nSPS) is 10.1. The second kappa shape index (κ2) is 4.77. The van der Waals surface area contributed by atoms with Crippen molar-refractivity contribution in [2.45, 2.75) is 0 Å². The Labute approximate surface area is 107 Å². The van der Waals surface area contributed by atoms with Crippen LogP contribution in [0.15, 0.2) is 42.5 Å². The van der Waals surface area contributed by atoms with Gasteiger partial charge >= 0.3 is 5.97 Å². The van der Waals surface area contributed by atoms with Crippen LogP contribution in [0.25, 0.3) is 11.1 Å². The zero-order valence-electron chi connectivity index (χ0n) is 9.61. The van der Waals surface area contributed by atoms with Crippen molar-refractivity contribution in [3.05, 3.63) is 58.1 Å². The zero-order valence-corrected chi connectivity index (χ0v) is 9.61. The van der Waals surface area contributed by atoms with Gasteiger partial charge in [-0.3, -0.25) is 10.1 Å². The van der Waals surface area contributed by atoms with Crippen molar-refractivity contribution in [1.82, 2.24) is 0 Å². The molecule has 0 atom stereocenters. The Morgan fingerprint density at radius 3 is 2.47 bits per heavy atom. The molecular weight excluding hydrogens is 250 g/mol. The number of hydrogen-bond donors (Lipinski definition) is 2. The highest BCUT2D eigenvalue weighted by Crippen LogP contribution is 2.32. The molecular formula is C13H9NO5. The lowest BCUT2D eigenvalue weighted by atomic mass is 10.0. The second-order valence-electron chi connectivity index (χ2n) is 3.84. The van der Waals surface area contributed by atoms with Crippen molar-refractivity contribution in [3.8, 4) is 16.9 Å². The van der Waals surface area contributed by atoms with Crippen molar-refractivity contribution in [3.63, 3.8) is 0 Å². The van der Waals surface area contributed by atoms with Gasteiger partial charge in [0.15, 0.2) is 0 Å². The number of non-ortho nitro benzene ring substituents is 1. The van der Waals surface area contributed by atoms with Crippen LogP contribution in [0, 0.1) is 10.1 Å². The Morgan fingerprint density at radius 2 is 1.89 bits per heavy atom. The molecule has 0 unspecified atom stereocenters. The topological polar surface area (TPSA) is 101 Å². The highest BCUT2D eigenvalue weighted by Gasteiger charge is 2.12. The van der Waals surface area contributed by atoms with Crippen LogP contribution in [0.2, 0.25) is 0 Å². The van der Waals surface area contributed by atoms with Gasteiger partial charge < -0.3 is 10.2 Å². The van der Waals surface area contributed by atoms with Crippen LogP contribution in [0.1, 0.15) is 10.4 Å². The van der Waals surface area contributed by atoms with Crippen LogP contribution in [-0.2, 0) is 0 Å². The second-order valence-corrected chi connectivity index (χ2v) is 3.84. The SMILES string of the molecule is O=C(O)c1cccc(-c2ccc([N+](=O)[O-])cc2O)c1. The van der Waals surface area contributed by atoms with Gasteiger partial charge in [-0.15, -0.1) is 0 Å². The first-order chi connectivity index (χ1) is 8.99. The van der Waals surface area contributed by atoms with Gasteiger partial charge in [0, 0.05) is 11.6 Å². The van der Waals surface area contributed by atoms with Crippen LogP contribution in [0.3, 0.4) is 0 Å². The smallest absolute Gasteiger partial charge is 0.335 e. The van der Waals surface area contributed by atoms with E-state index < -0.39 is 10.9 Å². The average Bonchev–Trinajstić information content (AvgIpc) is 2.38. The number of benzene rings is 2. The minimum Gasteiger partial charge on any atom is -0.507 e. The van der Waals surface area contributed by atoms with Crippen LogP contribution >= 0.6 is 0 Å². The summed E-state index contributed by atoms with van der Waals surface area (Å²) in [5.74, 6) is -1.35. The minimum absolute atomic E-state index is 0.0789. The lowest BCUT2D eigenvalue weighted by Gasteiger charge is -2.05. The minimum atomic E-state index is -1.08. The summed E-state index contributed by atoms with van der Waals surface area (Å²) >= 11 is 0. The molecule has 0 radical (unpaired) electrons. The van der Waals surface area contributed by atoms with Gasteiger partial charge in [0.05, 0.1) is 16.6 Å². The van der Waals surface area contributed by atoms with Gasteiger partial charge in [-0.25, -0.2) is 4.79 Å². The van der Waals surface area contributed by atoms with Gasteiger partial charge in [-0.2, -0.15) is 0 Å². The molecule has 2 rings (SSSR count). The number of nitrogens with zero attached hydrogens (tertiary/aromatic N) is 1. The third-order valence-corrected chi connectivity index (χ3v) is 2.61. The Morgan fingerprint density at radius 1 is 1.16 bits per heavy atom. The number of aromatic hydroxyl groups is 1. The van der Waals surface area contributed by atoms with Gasteiger partial charge in [0.2, 0.25) is 0 Å². The lowest BCUT2D eigenvalue weighted by molar-refractivity contribution is -0.384. The van der Waals surface area contributed by atoms with E-state index in [1.165, 1.54) is 24.3 Å². The maximum absolute atomic E-state index is 10.9. The van der Waals surface area contributed by atoms with Crippen LogP contribution in [-0.4, -0.2) is 21.1 Å². The monoisotopic (exact) mass is 259 g/mol. The molecule has 0 heterocycles. The first-order valence-electron chi connectivity index (χ1n) is 5.30. The van der Waals surface area contributed by atoms with Gasteiger partial charge in [0.25, 0.3) is 5.69 Å². The number of carboxylic acid groups (broad SMARTS) is 1. The van der Waals surface area contributed by atoms with E-state index in [0.29, 0.717) is 11.1 Å². The number of rotatable bonds is 3. The molecule has 0 saturated heterocycles. The Kier molecular flexibility index (Phi) is 3.15. The summed E-state index contributed by atoms with van der Waals surface area (Å²) in [5, 5.41) is 29.2. The summed E-state index contributed by atoms with van der Waals surface area (Å²) in [4.78, 5) is 20.8. The molecule has 0 aliphatic carbocycles. The van der Waals surface area contributed by atoms with Crippen molar-refractivity contribution < 1.29 is 19.9 Å². The van der Waals surface area contributed by atoms with E-state index in [1.807, 2.05) is 0 Å². The Bertz CT molecular complexity index is 666. The molecule has 19 heavy (non-hydrogen) atoms. The van der Waals surface area contributed by atoms with E-state index in [0.717, 1.165) is 6.07 Å². The first-order valence-corrected chi connectivity index (χ1v) is 5.30. The van der Waals surface area contributed by atoms with Gasteiger partial charge in [-0.1, -0.05) is 12.1 Å². The van der Waals surface area contributed by atoms with Gasteiger partial charge in [0.1, 0.15) is 5.75 Å². The van der Waals surface area contributed by atoms with Crippen molar-refractivity contribution in [2.75, 3.05) is 0 Å². The summed E-state index contributed by atoms with van der Waals surface area (Å²) in [7, 11) is 0. The molecule has 6 nitrogen and oxygen atoms in total. The van der Waals surface area contributed by atoms with Crippen LogP contribution in [0.5, 0.6) is 5.75 Å². The largest absolute Gasteiger partial charge is 0.507 e. The number of carbonyl (C=O) groups is 1. The summed E-state index contributed by atoms with van der Waals surface area (Å²) in [6, 6.07) is 9.64. The molecule has 0 fully saturated rings. The first kappa shape index (κ1) is 12.6. The van der Waals surface area contributed by atoms with Crippen molar-refractivity contribution >= 4 is 11.7 Å². The van der Waals surface area contributed by atoms with Crippen molar-refractivity contribution in [2.24, 2.45) is 0 Å². The molecule has 2 aromatic carbocycles. The van der Waals surface area contributed by atoms with E-state index in [9.17, 15) is 20.0 Å². The number of nitro benzene ring substituents is 1. The Balaban J connectivity index is 2.50. The number of phenols is 1. The highest BCUT2D eigenvalue weighted by molar-refractivity contribution is 5.89. The fourth-order valence-corrected chi connectivity index (χ4v) is 1.70. The Hall–Kier alpha value is -2.89. The number of aromatic carboxylic acids is 1. The maximum atomic E-state index is 10.9. The molecule has 0 saturated carbocycles. The van der Waals surface area contributed by atoms with Crippen molar-refractivity contribution in [1.29, 1.82) is 0 Å². The maximum Gasteiger partial charge on any atom is 0.335 e. The van der Waals surface area contributed by atoms with E-state index in [2.05, 4.69) is 0 Å². The predicted octanol–water partition coefficient (Wildman–Crippen LogP) is 2.67. The molecule has 6 heteroatoms. The third-order valence-electron chi connectivity index (χ3n) is 2.61. The van der Waals surface area contributed by atoms with Crippen LogP contribution in [0.4, 0.5) is 5.69 Å². The molecule has 0 bridgehead atoms. The summed E-state index contributed by atoms with van der Waals surface area (Å²) in [6.07, 6.45) is 0. The third kappa shape index (κ3) is 2.52. The van der Waals surface area contributed by atoms with E-state index in [1.54, 1.807) is 12.1 Å². The quantitative estimate of drug-likeness (QED) is 0.651. The molecule has 0 spiro atoms. The number of carboxylic acids is 1. The molecule has 0 aromatic heterocycles. The summed E-state index contributed by atoms with van der Waals surface area (Å²) in [5.41, 5.74) is 0.673. The predicted molar refractivity (Wildman–Crippen MR) is 67.2 cm³/mol. The standard InChI is InChI=1S/C13H9NO5/c15-12-7-10(14(18)19)4-5-11(12)8-2-1-3-9(6-8)13(16)17/h1-7,15H,(H,16,17). The summed E-state index contributed by atoms with van der Waals surface area (Å²) < 4.78 is 0. The van der Waals surface area contributed by atoms with Crippen LogP contribution < -0.4 is 0 Å². The highest BCUT2D eigenvalue weighted by atomic mass is 16.6. The lowest BCUT2D eigenvalue weighted by Crippen LogP contribution is -1.96. The molecule has 0 aliphatic rings. The number of phenolic OH excluding ortho intramolecular Hbond substituents is 1. The molecule has 0 aliphatic heterocycles.